The lowest BCUT2D eigenvalue weighted by Gasteiger charge is -2.44. The monoisotopic (exact) mass is 725 g/mol. The first-order valence-electron chi connectivity index (χ1n) is 20.5. The Labute approximate surface area is 330 Å². The molecule has 0 spiro atoms. The van der Waals surface area contributed by atoms with Crippen molar-refractivity contribution in [2.45, 2.75) is 69.7 Å². The quantitative estimate of drug-likeness (QED) is 0.176. The molecule has 56 heavy (non-hydrogen) atoms. The summed E-state index contributed by atoms with van der Waals surface area (Å²) in [6, 6.07) is 59.1. The van der Waals surface area contributed by atoms with Crippen LogP contribution in [0, 0.1) is 5.92 Å². The zero-order valence-corrected chi connectivity index (χ0v) is 32.7. The van der Waals surface area contributed by atoms with Crippen LogP contribution in [0.25, 0.3) is 55.3 Å². The van der Waals surface area contributed by atoms with Crippen molar-refractivity contribution < 1.29 is 4.42 Å². The van der Waals surface area contributed by atoms with Crippen molar-refractivity contribution in [1.29, 1.82) is 0 Å². The van der Waals surface area contributed by atoms with E-state index in [9.17, 15) is 0 Å². The molecule has 1 aromatic heterocycles. The van der Waals surface area contributed by atoms with Gasteiger partial charge in [0.2, 0.25) is 0 Å². The summed E-state index contributed by atoms with van der Waals surface area (Å²) in [7, 11) is 0. The molecule has 3 unspecified atom stereocenters. The SMILES string of the molecule is CC1(C)c2ccccc2-c2ccc(N(c3ccc4oc5ccccc5c4c3-c3ccc(-c4ccccc4)cc3)C3CCC4c5ccccc5C(C)(C)C4C3)cc21. The predicted octanol–water partition coefficient (Wildman–Crippen LogP) is 14.6. The maximum absolute atomic E-state index is 6.62. The summed E-state index contributed by atoms with van der Waals surface area (Å²) >= 11 is 0. The second kappa shape index (κ2) is 12.3. The molecule has 1 saturated carbocycles. The Kier molecular flexibility index (Phi) is 7.37. The molecule has 1 heterocycles. The van der Waals surface area contributed by atoms with E-state index < -0.39 is 0 Å². The Bertz CT molecular complexity index is 2800. The van der Waals surface area contributed by atoms with E-state index in [1.807, 2.05) is 0 Å². The number of anilines is 2. The molecule has 0 aliphatic heterocycles. The van der Waals surface area contributed by atoms with Gasteiger partial charge in [0.15, 0.2) is 0 Å². The van der Waals surface area contributed by atoms with Crippen molar-refractivity contribution in [3.8, 4) is 33.4 Å². The number of benzene rings is 7. The van der Waals surface area contributed by atoms with Gasteiger partial charge in [0.1, 0.15) is 11.2 Å². The third-order valence-corrected chi connectivity index (χ3v) is 14.1. The van der Waals surface area contributed by atoms with Gasteiger partial charge in [-0.1, -0.05) is 155 Å². The molecule has 0 radical (unpaired) electrons. The molecule has 8 aromatic rings. The normalized spacial score (nSPS) is 20.0. The minimum Gasteiger partial charge on any atom is -0.456 e. The highest BCUT2D eigenvalue weighted by atomic mass is 16.3. The van der Waals surface area contributed by atoms with Crippen LogP contribution >= 0.6 is 0 Å². The van der Waals surface area contributed by atoms with E-state index in [0.717, 1.165) is 29.4 Å². The van der Waals surface area contributed by atoms with E-state index >= 15 is 0 Å². The minimum atomic E-state index is -0.0961. The number of hydrogen-bond donors (Lipinski definition) is 0. The smallest absolute Gasteiger partial charge is 0.136 e. The van der Waals surface area contributed by atoms with Gasteiger partial charge in [-0.25, -0.2) is 0 Å². The highest BCUT2D eigenvalue weighted by molar-refractivity contribution is 6.16. The fourth-order valence-corrected chi connectivity index (χ4v) is 11.3. The third-order valence-electron chi connectivity index (χ3n) is 14.1. The van der Waals surface area contributed by atoms with E-state index in [1.165, 1.54) is 67.7 Å². The van der Waals surface area contributed by atoms with Crippen molar-refractivity contribution in [2.75, 3.05) is 4.90 Å². The van der Waals surface area contributed by atoms with Gasteiger partial charge in [-0.3, -0.25) is 0 Å². The molecule has 274 valence electrons. The van der Waals surface area contributed by atoms with Crippen LogP contribution in [0.5, 0.6) is 0 Å². The van der Waals surface area contributed by atoms with E-state index in [4.69, 9.17) is 4.42 Å². The molecule has 1 fully saturated rings. The number of hydrogen-bond acceptors (Lipinski definition) is 2. The molecule has 0 bridgehead atoms. The summed E-state index contributed by atoms with van der Waals surface area (Å²) in [6.07, 6.45) is 3.44. The van der Waals surface area contributed by atoms with Crippen molar-refractivity contribution in [3.63, 3.8) is 0 Å². The van der Waals surface area contributed by atoms with Gasteiger partial charge in [-0.2, -0.15) is 0 Å². The van der Waals surface area contributed by atoms with Gasteiger partial charge in [0.05, 0.1) is 5.69 Å². The van der Waals surface area contributed by atoms with Gasteiger partial charge in [0, 0.05) is 33.5 Å². The predicted molar refractivity (Wildman–Crippen MR) is 234 cm³/mol. The summed E-state index contributed by atoms with van der Waals surface area (Å²) in [5.74, 6) is 1.15. The van der Waals surface area contributed by atoms with Crippen LogP contribution in [0.2, 0.25) is 0 Å². The summed E-state index contributed by atoms with van der Waals surface area (Å²) in [5, 5.41) is 2.35. The highest BCUT2D eigenvalue weighted by Gasteiger charge is 2.50. The van der Waals surface area contributed by atoms with Crippen LogP contribution in [0.1, 0.15) is 75.1 Å². The van der Waals surface area contributed by atoms with Crippen LogP contribution in [-0.4, -0.2) is 6.04 Å². The van der Waals surface area contributed by atoms with Crippen LogP contribution in [0.4, 0.5) is 11.4 Å². The lowest BCUT2D eigenvalue weighted by molar-refractivity contribution is 0.213. The molecule has 2 nitrogen and oxygen atoms in total. The minimum absolute atomic E-state index is 0.0961. The first-order valence-corrected chi connectivity index (χ1v) is 20.5. The van der Waals surface area contributed by atoms with Gasteiger partial charge in [-0.05, 0) is 117 Å². The maximum Gasteiger partial charge on any atom is 0.136 e. The Balaban J connectivity index is 1.14. The summed E-state index contributed by atoms with van der Waals surface area (Å²) in [5.41, 5.74) is 18.0. The van der Waals surface area contributed by atoms with Crippen LogP contribution < -0.4 is 4.90 Å². The fourth-order valence-electron chi connectivity index (χ4n) is 11.3. The molecule has 0 amide bonds. The molecular formula is C54H47NO. The van der Waals surface area contributed by atoms with E-state index in [0.29, 0.717) is 17.9 Å². The zero-order chi connectivity index (χ0) is 37.8. The molecular weight excluding hydrogens is 679 g/mol. The molecule has 3 aliphatic rings. The second-order valence-electron chi connectivity index (χ2n) is 17.6. The van der Waals surface area contributed by atoms with Gasteiger partial charge in [-0.15, -0.1) is 0 Å². The molecule has 0 saturated heterocycles. The zero-order valence-electron chi connectivity index (χ0n) is 32.7. The number of fused-ring (bicyclic) bond motifs is 9. The van der Waals surface area contributed by atoms with Crippen LogP contribution in [-0.2, 0) is 10.8 Å². The van der Waals surface area contributed by atoms with Crippen LogP contribution in [0.3, 0.4) is 0 Å². The molecule has 7 aromatic carbocycles. The van der Waals surface area contributed by atoms with Gasteiger partial charge < -0.3 is 9.32 Å². The van der Waals surface area contributed by atoms with Crippen molar-refractivity contribution >= 4 is 33.3 Å². The third kappa shape index (κ3) is 4.87. The number of rotatable bonds is 5. The van der Waals surface area contributed by atoms with Crippen molar-refractivity contribution in [3.05, 3.63) is 180 Å². The summed E-state index contributed by atoms with van der Waals surface area (Å²) < 4.78 is 6.62. The van der Waals surface area contributed by atoms with E-state index in [-0.39, 0.29) is 10.8 Å². The lowest BCUT2D eigenvalue weighted by Crippen LogP contribution is -2.41. The largest absolute Gasteiger partial charge is 0.456 e. The number of para-hydroxylation sites is 1. The Morgan fingerprint density at radius 2 is 1.23 bits per heavy atom. The standard InChI is InChI=1S/C54H47NO/c1-53(2)44-19-11-8-16-39(44)41-28-26-37(32-46(41)53)55(38-27-29-42-40-17-9-12-20-45(40)54(3,4)47(42)33-38)48-30-31-50-52(43-18-10-13-21-49(43)56-50)51(48)36-24-22-35(23-25-36)34-14-6-5-7-15-34/h5-26,28,30-32,38,42,47H,27,29,33H2,1-4H3. The first kappa shape index (κ1) is 33.5. The number of nitrogens with zero attached hydrogens (tertiary/aromatic N) is 1. The van der Waals surface area contributed by atoms with Gasteiger partial charge >= 0.3 is 0 Å². The highest BCUT2D eigenvalue weighted by Crippen LogP contribution is 2.59. The average molecular weight is 726 g/mol. The summed E-state index contributed by atoms with van der Waals surface area (Å²) in [4.78, 5) is 2.76. The van der Waals surface area contributed by atoms with E-state index in [1.54, 1.807) is 11.1 Å². The van der Waals surface area contributed by atoms with Crippen molar-refractivity contribution in [2.24, 2.45) is 5.92 Å². The topological polar surface area (TPSA) is 16.4 Å². The van der Waals surface area contributed by atoms with Crippen molar-refractivity contribution in [1.82, 2.24) is 0 Å². The fraction of sp³-hybridized carbons (Fsp3) is 0.222. The Morgan fingerprint density at radius 1 is 0.554 bits per heavy atom. The first-order chi connectivity index (χ1) is 27.3. The molecule has 0 N–H and O–H groups in total. The van der Waals surface area contributed by atoms with Gasteiger partial charge in [0.25, 0.3) is 0 Å². The summed E-state index contributed by atoms with van der Waals surface area (Å²) in [6.45, 7) is 9.81. The Hall–Kier alpha value is -5.86. The number of furan rings is 1. The molecule has 11 rings (SSSR count). The Morgan fingerprint density at radius 3 is 2.07 bits per heavy atom. The second-order valence-corrected chi connectivity index (χ2v) is 17.6. The maximum atomic E-state index is 6.62. The average Bonchev–Trinajstić information content (AvgIpc) is 3.81. The lowest BCUT2D eigenvalue weighted by atomic mass is 9.68. The molecule has 2 heteroatoms. The molecule has 3 atom stereocenters. The molecule has 3 aliphatic carbocycles. The van der Waals surface area contributed by atoms with E-state index in [2.05, 4.69) is 190 Å². The van der Waals surface area contributed by atoms with Crippen LogP contribution in [0.15, 0.2) is 162 Å².